The molecule has 0 aromatic carbocycles. The Labute approximate surface area is 198 Å². The number of aliphatic hydroxyl groups is 1. The summed E-state index contributed by atoms with van der Waals surface area (Å²) in [5, 5.41) is 12.7. The second-order valence-corrected chi connectivity index (χ2v) is 9.35. The van der Waals surface area contributed by atoms with Crippen LogP contribution in [-0.4, -0.2) is 44.9 Å². The molecule has 184 valence electrons. The van der Waals surface area contributed by atoms with Gasteiger partial charge < -0.3 is 14.7 Å². The SMILES string of the molecule is C#CCCCCC#Cc1cn([C@H]2C[C@@H](O)[C@@H](CNP(=O)(O)OCCCCC#C)O2)c(=O)[nH]c1=O. The van der Waals surface area contributed by atoms with Gasteiger partial charge in [-0.1, -0.05) is 11.8 Å². The van der Waals surface area contributed by atoms with Crippen molar-refractivity contribution in [2.24, 2.45) is 0 Å². The van der Waals surface area contributed by atoms with E-state index < -0.39 is 37.4 Å². The quantitative estimate of drug-likeness (QED) is 0.194. The molecule has 0 amide bonds. The van der Waals surface area contributed by atoms with E-state index in [0.29, 0.717) is 32.1 Å². The monoisotopic (exact) mass is 491 g/mol. The van der Waals surface area contributed by atoms with Crippen molar-refractivity contribution < 1.29 is 23.8 Å². The van der Waals surface area contributed by atoms with E-state index in [0.717, 1.165) is 17.4 Å². The first-order chi connectivity index (χ1) is 16.3. The Morgan fingerprint density at radius 1 is 1.21 bits per heavy atom. The van der Waals surface area contributed by atoms with E-state index in [4.69, 9.17) is 22.1 Å². The lowest BCUT2D eigenvalue weighted by Crippen LogP contribution is -2.34. The molecule has 1 aliphatic heterocycles. The van der Waals surface area contributed by atoms with Crippen molar-refractivity contribution in [1.29, 1.82) is 0 Å². The lowest BCUT2D eigenvalue weighted by molar-refractivity contribution is -0.0177. The Balaban J connectivity index is 1.96. The molecule has 11 heteroatoms. The van der Waals surface area contributed by atoms with Gasteiger partial charge in [0.2, 0.25) is 0 Å². The van der Waals surface area contributed by atoms with Gasteiger partial charge in [0.1, 0.15) is 11.8 Å². The number of hydrogen-bond acceptors (Lipinski definition) is 6. The molecule has 0 aliphatic carbocycles. The number of aliphatic hydroxyl groups excluding tert-OH is 1. The summed E-state index contributed by atoms with van der Waals surface area (Å²) in [6, 6.07) is 0. The van der Waals surface area contributed by atoms with Crippen LogP contribution in [0, 0.1) is 36.5 Å². The molecule has 10 nitrogen and oxygen atoms in total. The lowest BCUT2D eigenvalue weighted by atomic mass is 10.2. The van der Waals surface area contributed by atoms with Gasteiger partial charge in [-0.2, -0.15) is 0 Å². The predicted octanol–water partition coefficient (Wildman–Crippen LogP) is 1.24. The van der Waals surface area contributed by atoms with Crippen LogP contribution in [0.2, 0.25) is 0 Å². The summed E-state index contributed by atoms with van der Waals surface area (Å²) < 4.78 is 23.9. The average molecular weight is 491 g/mol. The number of rotatable bonds is 12. The molecule has 1 aromatic rings. The predicted molar refractivity (Wildman–Crippen MR) is 126 cm³/mol. The molecule has 4 atom stereocenters. The molecule has 2 rings (SSSR count). The van der Waals surface area contributed by atoms with E-state index in [9.17, 15) is 24.2 Å². The van der Waals surface area contributed by atoms with Crippen LogP contribution in [0.5, 0.6) is 0 Å². The Kier molecular flexibility index (Phi) is 11.3. The highest BCUT2D eigenvalue weighted by Gasteiger charge is 2.37. The topological polar surface area (TPSA) is 143 Å². The van der Waals surface area contributed by atoms with Gasteiger partial charge in [0.05, 0.1) is 18.8 Å². The molecular weight excluding hydrogens is 461 g/mol. The number of H-pyrrole nitrogens is 1. The van der Waals surface area contributed by atoms with Gasteiger partial charge in [-0.05, 0) is 25.7 Å². The Morgan fingerprint density at radius 3 is 2.59 bits per heavy atom. The van der Waals surface area contributed by atoms with Crippen LogP contribution in [0.1, 0.15) is 63.2 Å². The van der Waals surface area contributed by atoms with Crippen LogP contribution in [0.3, 0.4) is 0 Å². The Morgan fingerprint density at radius 2 is 1.88 bits per heavy atom. The molecule has 1 fully saturated rings. The molecule has 1 saturated heterocycles. The third-order valence-corrected chi connectivity index (χ3v) is 6.17. The van der Waals surface area contributed by atoms with Crippen LogP contribution >= 0.6 is 7.75 Å². The zero-order valence-electron chi connectivity index (χ0n) is 18.9. The maximum Gasteiger partial charge on any atom is 0.403 e. The van der Waals surface area contributed by atoms with Crippen LogP contribution in [0.25, 0.3) is 0 Å². The minimum atomic E-state index is -4.10. The zero-order valence-corrected chi connectivity index (χ0v) is 19.8. The van der Waals surface area contributed by atoms with Crippen molar-refractivity contribution in [3.8, 4) is 36.5 Å². The minimum Gasteiger partial charge on any atom is -0.390 e. The van der Waals surface area contributed by atoms with Gasteiger partial charge in [0, 0.05) is 38.4 Å². The van der Waals surface area contributed by atoms with Gasteiger partial charge >= 0.3 is 13.4 Å². The van der Waals surface area contributed by atoms with Crippen LogP contribution in [0.15, 0.2) is 15.8 Å². The van der Waals surface area contributed by atoms with Crippen molar-refractivity contribution in [2.45, 2.75) is 69.8 Å². The molecule has 2 heterocycles. The van der Waals surface area contributed by atoms with E-state index in [1.165, 1.54) is 6.20 Å². The van der Waals surface area contributed by atoms with Crippen molar-refractivity contribution in [3.05, 3.63) is 32.6 Å². The summed E-state index contributed by atoms with van der Waals surface area (Å²) in [6.07, 6.45) is 13.5. The fourth-order valence-corrected chi connectivity index (χ4v) is 4.10. The van der Waals surface area contributed by atoms with E-state index in [1.807, 2.05) is 0 Å². The largest absolute Gasteiger partial charge is 0.403 e. The maximum absolute atomic E-state index is 12.3. The third-order valence-electron chi connectivity index (χ3n) is 5.05. The van der Waals surface area contributed by atoms with Crippen molar-refractivity contribution >= 4 is 7.75 Å². The molecule has 0 saturated carbocycles. The highest BCUT2D eigenvalue weighted by atomic mass is 31.2. The number of nitrogens with one attached hydrogen (secondary N) is 2. The zero-order chi connectivity index (χ0) is 25.0. The highest BCUT2D eigenvalue weighted by molar-refractivity contribution is 7.50. The summed E-state index contributed by atoms with van der Waals surface area (Å²) in [6.45, 7) is -0.127. The van der Waals surface area contributed by atoms with E-state index >= 15 is 0 Å². The lowest BCUT2D eigenvalue weighted by Gasteiger charge is -2.19. The number of aromatic nitrogens is 2. The molecule has 1 aromatic heterocycles. The van der Waals surface area contributed by atoms with Crippen LogP contribution in [-0.2, 0) is 13.8 Å². The minimum absolute atomic E-state index is 0.0416. The van der Waals surface area contributed by atoms with Gasteiger partial charge in [0.15, 0.2) is 0 Å². The summed E-state index contributed by atoms with van der Waals surface area (Å²) >= 11 is 0. The van der Waals surface area contributed by atoms with E-state index in [1.54, 1.807) is 0 Å². The van der Waals surface area contributed by atoms with E-state index in [-0.39, 0.29) is 25.1 Å². The second-order valence-electron chi connectivity index (χ2n) is 7.73. The first-order valence-corrected chi connectivity index (χ1v) is 12.6. The first kappa shape index (κ1) is 27.6. The fraction of sp³-hybridized carbons (Fsp3) is 0.565. The average Bonchev–Trinajstić information content (AvgIpc) is 3.16. The molecule has 0 spiro atoms. The van der Waals surface area contributed by atoms with Gasteiger partial charge in [-0.3, -0.25) is 18.9 Å². The van der Waals surface area contributed by atoms with Crippen LogP contribution in [0.4, 0.5) is 0 Å². The number of nitrogens with zero attached hydrogens (tertiary/aromatic N) is 1. The van der Waals surface area contributed by atoms with E-state index in [2.05, 4.69) is 33.8 Å². The summed E-state index contributed by atoms with van der Waals surface area (Å²) in [7, 11) is -4.10. The molecular formula is C23H30N3O7P. The molecule has 34 heavy (non-hydrogen) atoms. The fourth-order valence-electron chi connectivity index (χ4n) is 3.22. The van der Waals surface area contributed by atoms with Gasteiger partial charge in [-0.15, -0.1) is 24.7 Å². The molecule has 0 radical (unpaired) electrons. The van der Waals surface area contributed by atoms with Crippen LogP contribution < -0.4 is 16.3 Å². The van der Waals surface area contributed by atoms with Gasteiger partial charge in [-0.25, -0.2) is 14.4 Å². The second kappa shape index (κ2) is 13.9. The number of ether oxygens (including phenoxy) is 1. The maximum atomic E-state index is 12.3. The Bertz CT molecular complexity index is 1120. The highest BCUT2D eigenvalue weighted by Crippen LogP contribution is 2.38. The molecule has 1 aliphatic rings. The smallest absolute Gasteiger partial charge is 0.390 e. The standard InChI is InChI=1S/C23H30N3O7P/c1-3-5-7-9-10-11-13-18-17-26(23(29)25-22(18)28)21-15-19(27)20(33-21)16-24-34(30,31)32-14-12-8-6-4-2/h1-2,17,19-21,27H,5-10,12,14-16H2,(H2,24,30,31)(H,25,28,29)/t19-,20-,21-/m1/s1. The van der Waals surface area contributed by atoms with Gasteiger partial charge in [0.25, 0.3) is 5.56 Å². The Hall–Kier alpha value is -2.61. The summed E-state index contributed by atoms with van der Waals surface area (Å²) in [4.78, 5) is 36.5. The first-order valence-electron chi connectivity index (χ1n) is 11.0. The third kappa shape index (κ3) is 8.97. The van der Waals surface area contributed by atoms with Crippen molar-refractivity contribution in [1.82, 2.24) is 14.6 Å². The molecule has 0 bridgehead atoms. The summed E-state index contributed by atoms with van der Waals surface area (Å²) in [5.41, 5.74) is -1.23. The number of hydrogen-bond donors (Lipinski definition) is 4. The molecule has 1 unspecified atom stereocenters. The number of unbranched alkanes of at least 4 members (excludes halogenated alkanes) is 5. The number of aromatic amines is 1. The number of terminal acetylenes is 2. The molecule has 4 N–H and O–H groups in total. The van der Waals surface area contributed by atoms with Crippen molar-refractivity contribution in [3.63, 3.8) is 0 Å². The normalized spacial score (nSPS) is 21.1. The summed E-state index contributed by atoms with van der Waals surface area (Å²) in [5.74, 6) is 10.7. The van der Waals surface area contributed by atoms with Crippen molar-refractivity contribution in [2.75, 3.05) is 13.2 Å².